The molecule has 0 amide bonds. The predicted octanol–water partition coefficient (Wildman–Crippen LogP) is 0.0350. The van der Waals surface area contributed by atoms with E-state index < -0.39 is 95.5 Å². The number of hydrogen-bond donors (Lipinski definition) is 6. The summed E-state index contributed by atoms with van der Waals surface area (Å²) >= 11 is 0. The third kappa shape index (κ3) is 4.98. The number of phenols is 1. The Bertz CT molecular complexity index is 1790. The van der Waals surface area contributed by atoms with E-state index in [1.807, 2.05) is 0 Å². The maximum Gasteiger partial charge on any atom is 0.228 e. The number of aliphatic hydroxyl groups excluding tert-OH is 3. The number of nitrogens with zero attached hydrogens (tertiary/aromatic N) is 1. The summed E-state index contributed by atoms with van der Waals surface area (Å²) in [5.41, 5.74) is -4.90. The number of ether oxygens (including phenoxy) is 6. The van der Waals surface area contributed by atoms with Gasteiger partial charge in [-0.25, -0.2) is 0 Å². The van der Waals surface area contributed by atoms with Crippen molar-refractivity contribution < 1.29 is 68.6 Å². The first-order chi connectivity index (χ1) is 23.8. The second-order valence-corrected chi connectivity index (χ2v) is 15.1. The molecule has 2 aliphatic carbocycles. The normalized spacial score (nSPS) is 41.4. The van der Waals surface area contributed by atoms with E-state index >= 15 is 0 Å². The van der Waals surface area contributed by atoms with Crippen molar-refractivity contribution in [3.05, 3.63) is 57.1 Å². The monoisotopic (exact) mass is 715 g/mol. The van der Waals surface area contributed by atoms with Gasteiger partial charge in [0.15, 0.2) is 12.1 Å². The first-order valence-electron chi connectivity index (χ1n) is 16.8. The lowest BCUT2D eigenvalue weighted by molar-refractivity contribution is -0.345. The number of fused-ring (bicyclic) bond motifs is 8. The van der Waals surface area contributed by atoms with Crippen molar-refractivity contribution in [1.82, 2.24) is 4.90 Å². The lowest BCUT2D eigenvalue weighted by Crippen LogP contribution is -2.68. The van der Waals surface area contributed by atoms with E-state index in [0.29, 0.717) is 5.56 Å². The summed E-state index contributed by atoms with van der Waals surface area (Å²) in [6.45, 7) is 6.03. The average molecular weight is 716 g/mol. The van der Waals surface area contributed by atoms with E-state index in [1.54, 1.807) is 32.0 Å². The van der Waals surface area contributed by atoms with Gasteiger partial charge in [-0.05, 0) is 59.5 Å². The molecule has 15 heteroatoms. The second kappa shape index (κ2) is 12.0. The van der Waals surface area contributed by atoms with Crippen LogP contribution in [0.1, 0.15) is 82.3 Å². The van der Waals surface area contributed by atoms with Crippen molar-refractivity contribution in [3.63, 3.8) is 0 Å². The minimum Gasteiger partial charge on any atom is -0.507 e. The van der Waals surface area contributed by atoms with Crippen molar-refractivity contribution >= 4 is 11.6 Å². The van der Waals surface area contributed by atoms with Crippen LogP contribution in [-0.4, -0.2) is 142 Å². The molecule has 0 unspecified atom stereocenters. The fraction of sp³-hybridized carbons (Fsp3) is 0.611. The Morgan fingerprint density at radius 1 is 0.922 bits per heavy atom. The third-order valence-electron chi connectivity index (χ3n) is 11.5. The summed E-state index contributed by atoms with van der Waals surface area (Å²) in [5, 5.41) is 68.2. The van der Waals surface area contributed by atoms with E-state index in [-0.39, 0.29) is 45.6 Å². The van der Waals surface area contributed by atoms with Gasteiger partial charge in [-0.15, -0.1) is 0 Å². The Kier molecular flexibility index (Phi) is 8.53. The molecule has 6 N–H and O–H groups in total. The molecule has 5 aliphatic rings. The second-order valence-electron chi connectivity index (χ2n) is 15.1. The maximum atomic E-state index is 14.6. The molecular formula is C36H45NO14. The number of hydrogen-bond acceptors (Lipinski definition) is 15. The van der Waals surface area contributed by atoms with Crippen molar-refractivity contribution in [2.45, 2.75) is 112 Å². The van der Waals surface area contributed by atoms with Crippen LogP contribution in [-0.2, 0) is 35.7 Å². The molecule has 2 fully saturated rings. The molecule has 2 aromatic rings. The molecule has 7 rings (SSSR count). The van der Waals surface area contributed by atoms with Crippen LogP contribution in [0.2, 0.25) is 0 Å². The summed E-state index contributed by atoms with van der Waals surface area (Å²) in [6, 6.07) is 3.66. The van der Waals surface area contributed by atoms with E-state index in [2.05, 4.69) is 0 Å². The minimum absolute atomic E-state index is 0.0132. The van der Waals surface area contributed by atoms with Crippen molar-refractivity contribution in [2.24, 2.45) is 0 Å². The molecule has 0 aromatic heterocycles. The minimum atomic E-state index is -1.84. The number of aromatic hydroxyl groups is 1. The highest BCUT2D eigenvalue weighted by Gasteiger charge is 2.59. The van der Waals surface area contributed by atoms with Gasteiger partial charge in [0.25, 0.3) is 0 Å². The van der Waals surface area contributed by atoms with Gasteiger partial charge in [0.1, 0.15) is 59.3 Å². The zero-order chi connectivity index (χ0) is 37.3. The molecule has 2 aromatic carbocycles. The van der Waals surface area contributed by atoms with Crippen LogP contribution in [0.25, 0.3) is 0 Å². The van der Waals surface area contributed by atoms with Gasteiger partial charge in [0, 0.05) is 42.9 Å². The Morgan fingerprint density at radius 2 is 1.59 bits per heavy atom. The van der Waals surface area contributed by atoms with Crippen LogP contribution in [0.15, 0.2) is 18.2 Å². The first-order valence-corrected chi connectivity index (χ1v) is 16.8. The topological polar surface area (TPSA) is 214 Å². The number of rotatable bonds is 5. The number of carbonyl (C=O) groups excluding carboxylic acids is 2. The molecule has 3 heterocycles. The number of carbonyl (C=O) groups is 2. The summed E-state index contributed by atoms with van der Waals surface area (Å²) in [6.07, 6.45) is -11.4. The Balaban J connectivity index is 1.37. The van der Waals surface area contributed by atoms with Gasteiger partial charge < -0.3 is 64.0 Å². The van der Waals surface area contributed by atoms with Gasteiger partial charge in [-0.2, -0.15) is 0 Å². The van der Waals surface area contributed by atoms with Gasteiger partial charge in [-0.1, -0.05) is 6.07 Å². The van der Waals surface area contributed by atoms with Crippen LogP contribution in [0.3, 0.4) is 0 Å². The molecule has 0 saturated carbocycles. The number of benzene rings is 2. The van der Waals surface area contributed by atoms with Crippen molar-refractivity contribution in [2.75, 3.05) is 28.3 Å². The maximum absolute atomic E-state index is 14.6. The van der Waals surface area contributed by atoms with Gasteiger partial charge >= 0.3 is 0 Å². The van der Waals surface area contributed by atoms with Crippen LogP contribution >= 0.6 is 0 Å². The molecule has 278 valence electrons. The molecule has 0 spiro atoms. The van der Waals surface area contributed by atoms with E-state index in [0.717, 1.165) is 0 Å². The standard InChI is InChI=1S/C36H45NO14/c1-13-28(42)35(3,45)31(47-8)33(48-13)50-27-18-14(12-34(2,44)30(27)46-7)11-16-19(23(18)39)24(40)20-15(22(16)38)9-10-17-26(20)49-32-25(41)21(37(5)6)29(43)36(17,4)51-32/h9-11,13,21,25,27-33,39,41-45H,12H2,1-8H3/t13-,21-,25-,27+,28-,29+,30-,31-,32+,33+,34-,35-,36+/m0/s1. The molecular weight excluding hydrogens is 670 g/mol. The zero-order valence-corrected chi connectivity index (χ0v) is 29.6. The summed E-state index contributed by atoms with van der Waals surface area (Å²) in [5.74, 6) is -2.01. The van der Waals surface area contributed by atoms with Crippen LogP contribution in [0.4, 0.5) is 0 Å². The molecule has 15 nitrogen and oxygen atoms in total. The Hall–Kier alpha value is -3.06. The Labute approximate surface area is 294 Å². The average Bonchev–Trinajstić information content (AvgIpc) is 3.04. The highest BCUT2D eigenvalue weighted by molar-refractivity contribution is 6.30. The SMILES string of the molecule is CO[C@H]1[C@@H](O[C@@H]2c3c(cc4c(c3O)C(=O)c3c(ccc5c3O[C@@H]3O[C@@]5(C)[C@H](O)[C@@H](N(C)C)[C@@H]3O)C4=O)C[C@](C)(O)[C@H]2OC)O[C@@H](C)[C@H](O)[C@]1(C)O. The van der Waals surface area contributed by atoms with Crippen LogP contribution < -0.4 is 4.74 Å². The first kappa shape index (κ1) is 36.3. The molecule has 51 heavy (non-hydrogen) atoms. The quantitative estimate of drug-likeness (QED) is 0.206. The number of phenolic OH excluding ortho intramolecular Hbond substituents is 1. The van der Waals surface area contributed by atoms with Crippen LogP contribution in [0.5, 0.6) is 11.5 Å². The highest BCUT2D eigenvalue weighted by Crippen LogP contribution is 2.53. The Morgan fingerprint density at radius 3 is 2.22 bits per heavy atom. The van der Waals surface area contributed by atoms with E-state index in [1.165, 1.54) is 47.1 Å². The summed E-state index contributed by atoms with van der Waals surface area (Å²) in [7, 11) is 6.04. The fourth-order valence-electron chi connectivity index (χ4n) is 8.82. The van der Waals surface area contributed by atoms with Crippen molar-refractivity contribution in [1.29, 1.82) is 0 Å². The predicted molar refractivity (Wildman–Crippen MR) is 174 cm³/mol. The molecule has 3 aliphatic heterocycles. The highest BCUT2D eigenvalue weighted by atomic mass is 16.7. The molecule has 13 atom stereocenters. The molecule has 2 saturated heterocycles. The third-order valence-corrected chi connectivity index (χ3v) is 11.5. The smallest absolute Gasteiger partial charge is 0.228 e. The zero-order valence-electron chi connectivity index (χ0n) is 29.6. The number of aliphatic hydroxyl groups is 5. The lowest BCUT2D eigenvalue weighted by atomic mass is 9.71. The summed E-state index contributed by atoms with van der Waals surface area (Å²) in [4.78, 5) is 30.5. The summed E-state index contributed by atoms with van der Waals surface area (Å²) < 4.78 is 35.7. The van der Waals surface area contributed by atoms with Gasteiger partial charge in [0.2, 0.25) is 12.1 Å². The van der Waals surface area contributed by atoms with Gasteiger partial charge in [-0.3, -0.25) is 9.59 Å². The number of ketones is 2. The fourth-order valence-corrected chi connectivity index (χ4v) is 8.82. The number of methoxy groups -OCH3 is 2. The largest absolute Gasteiger partial charge is 0.507 e. The lowest BCUT2D eigenvalue weighted by Gasteiger charge is -2.53. The number of likely N-dealkylation sites (N-methyl/N-ethyl adjacent to an activating group) is 1. The van der Waals surface area contributed by atoms with E-state index in [9.17, 15) is 40.2 Å². The molecule has 2 bridgehead atoms. The van der Waals surface area contributed by atoms with Crippen molar-refractivity contribution in [3.8, 4) is 11.5 Å². The molecule has 0 radical (unpaired) electrons. The van der Waals surface area contributed by atoms with Crippen LogP contribution in [0, 0.1) is 0 Å². The van der Waals surface area contributed by atoms with E-state index in [4.69, 9.17) is 28.4 Å². The van der Waals surface area contributed by atoms with Gasteiger partial charge in [0.05, 0.1) is 28.9 Å².